The van der Waals surface area contributed by atoms with Crippen molar-refractivity contribution in [2.75, 3.05) is 50.8 Å². The molecule has 0 atom stereocenters. The zero-order valence-corrected chi connectivity index (χ0v) is 23.1. The average Bonchev–Trinajstić information content (AvgIpc) is 3.39. The van der Waals surface area contributed by atoms with Gasteiger partial charge in [-0.2, -0.15) is 0 Å². The summed E-state index contributed by atoms with van der Waals surface area (Å²) in [5, 5.41) is 22.6. The second-order valence-corrected chi connectivity index (χ2v) is 10.5. The Kier molecular flexibility index (Phi) is 7.89. The molecule has 0 spiro atoms. The first-order chi connectivity index (χ1) is 20.1. The number of nitrogens with zero attached hydrogens (tertiary/aromatic N) is 2. The minimum absolute atomic E-state index is 0.176. The van der Waals surface area contributed by atoms with Crippen LogP contribution in [-0.4, -0.2) is 72.0 Å². The number of hydrogen-bond acceptors (Lipinski definition) is 5. The Hall–Kier alpha value is -4.33. The van der Waals surface area contributed by atoms with Crippen LogP contribution in [0.2, 0.25) is 0 Å². The number of aromatic carboxylic acids is 1. The summed E-state index contributed by atoms with van der Waals surface area (Å²) < 4.78 is 6.15. The fourth-order valence-electron chi connectivity index (χ4n) is 6.02. The van der Waals surface area contributed by atoms with Crippen molar-refractivity contribution in [2.24, 2.45) is 0 Å². The van der Waals surface area contributed by atoms with Crippen LogP contribution in [0.1, 0.15) is 22.5 Å². The number of aryl methyl sites for hydroxylation is 1. The molecule has 0 saturated carbocycles. The van der Waals surface area contributed by atoms with Crippen LogP contribution in [-0.2, 0) is 6.42 Å². The number of aromatic nitrogens is 1. The monoisotopic (exact) mass is 549 g/mol. The van der Waals surface area contributed by atoms with Crippen LogP contribution in [0.3, 0.4) is 0 Å². The highest BCUT2D eigenvalue weighted by Crippen LogP contribution is 2.38. The summed E-state index contributed by atoms with van der Waals surface area (Å²) in [5.74, 6) is -0.109. The Morgan fingerprint density at radius 1 is 0.829 bits per heavy atom. The number of carboxylic acids is 1. The van der Waals surface area contributed by atoms with E-state index in [0.717, 1.165) is 76.0 Å². The number of hydrogen-bond donors (Lipinski definition) is 3. The number of aromatic amines is 1. The Morgan fingerprint density at radius 2 is 1.54 bits per heavy atom. The normalized spacial score (nSPS) is 14.1. The first kappa shape index (κ1) is 26.9. The van der Waals surface area contributed by atoms with Gasteiger partial charge >= 0.3 is 5.97 Å². The van der Waals surface area contributed by atoms with Crippen molar-refractivity contribution >= 4 is 33.3 Å². The van der Waals surface area contributed by atoms with Gasteiger partial charge in [-0.25, -0.2) is 4.79 Å². The number of aliphatic hydroxyl groups excluding tert-OH is 1. The maximum absolute atomic E-state index is 12.3. The van der Waals surface area contributed by atoms with Gasteiger partial charge in [0, 0.05) is 60.3 Å². The van der Waals surface area contributed by atoms with Gasteiger partial charge < -0.3 is 24.8 Å². The zero-order valence-electron chi connectivity index (χ0n) is 23.1. The molecule has 1 aromatic heterocycles. The van der Waals surface area contributed by atoms with Crippen molar-refractivity contribution in [3.63, 3.8) is 0 Å². The quantitative estimate of drug-likeness (QED) is 0.191. The fourth-order valence-corrected chi connectivity index (χ4v) is 6.02. The SMILES string of the molecule is O=C(O)c1[nH]c2c(-c3ccccc3N3CCN(CCO)CC3)cccc2c1CCCOc1cccc2ccccc12. The minimum Gasteiger partial charge on any atom is -0.493 e. The summed E-state index contributed by atoms with van der Waals surface area (Å²) in [5.41, 5.74) is 5.12. The predicted molar refractivity (Wildman–Crippen MR) is 164 cm³/mol. The lowest BCUT2D eigenvalue weighted by Gasteiger charge is -2.36. The molecule has 41 heavy (non-hydrogen) atoms. The Balaban J connectivity index is 1.26. The van der Waals surface area contributed by atoms with E-state index in [4.69, 9.17) is 4.74 Å². The Bertz CT molecular complexity index is 1660. The van der Waals surface area contributed by atoms with Gasteiger partial charge in [-0.3, -0.25) is 4.90 Å². The van der Waals surface area contributed by atoms with Crippen molar-refractivity contribution in [3.8, 4) is 16.9 Å². The third-order valence-corrected chi connectivity index (χ3v) is 8.06. The second kappa shape index (κ2) is 12.0. The fraction of sp³-hybridized carbons (Fsp3) is 0.265. The second-order valence-electron chi connectivity index (χ2n) is 10.5. The number of H-pyrrole nitrogens is 1. The van der Waals surface area contributed by atoms with Gasteiger partial charge in [0.1, 0.15) is 11.4 Å². The smallest absolute Gasteiger partial charge is 0.352 e. The minimum atomic E-state index is -0.953. The molecule has 1 saturated heterocycles. The van der Waals surface area contributed by atoms with Gasteiger partial charge in [-0.05, 0) is 35.9 Å². The molecular weight excluding hydrogens is 514 g/mol. The number of rotatable bonds is 10. The summed E-state index contributed by atoms with van der Waals surface area (Å²) in [6.07, 6.45) is 1.28. The van der Waals surface area contributed by atoms with E-state index >= 15 is 0 Å². The molecule has 7 nitrogen and oxygen atoms in total. The highest BCUT2D eigenvalue weighted by atomic mass is 16.5. The van der Waals surface area contributed by atoms with Crippen LogP contribution in [0.4, 0.5) is 5.69 Å². The van der Waals surface area contributed by atoms with Crippen LogP contribution < -0.4 is 9.64 Å². The van der Waals surface area contributed by atoms with Gasteiger partial charge in [0.05, 0.1) is 18.7 Å². The lowest BCUT2D eigenvalue weighted by atomic mass is 9.98. The molecule has 0 aliphatic carbocycles. The summed E-state index contributed by atoms with van der Waals surface area (Å²) >= 11 is 0. The molecule has 0 amide bonds. The van der Waals surface area contributed by atoms with Gasteiger partial charge in [0.25, 0.3) is 0 Å². The summed E-state index contributed by atoms with van der Waals surface area (Å²) in [7, 11) is 0. The number of carbonyl (C=O) groups is 1. The van der Waals surface area contributed by atoms with Crippen LogP contribution in [0.15, 0.2) is 84.9 Å². The van der Waals surface area contributed by atoms with E-state index in [2.05, 4.69) is 57.2 Å². The summed E-state index contributed by atoms with van der Waals surface area (Å²) in [6, 6.07) is 28.6. The van der Waals surface area contributed by atoms with E-state index in [-0.39, 0.29) is 12.3 Å². The highest BCUT2D eigenvalue weighted by molar-refractivity contribution is 6.04. The van der Waals surface area contributed by atoms with Gasteiger partial charge in [0.2, 0.25) is 0 Å². The standard InChI is InChI=1S/C34H35N3O4/c38-22-21-36-17-19-37(20-18-36)30-15-4-3-11-26(30)27-12-6-13-28-29(33(34(39)40)35-32(27)28)14-7-23-41-31-16-5-9-24-8-1-2-10-25(24)31/h1-6,8-13,15-16,35,38H,7,14,17-23H2,(H,39,40). The van der Waals surface area contributed by atoms with Gasteiger partial charge in [-0.1, -0.05) is 72.8 Å². The van der Waals surface area contributed by atoms with Crippen molar-refractivity contribution in [1.82, 2.24) is 9.88 Å². The predicted octanol–water partition coefficient (Wildman–Crippen LogP) is 5.81. The number of fused-ring (bicyclic) bond motifs is 2. The number of anilines is 1. The van der Waals surface area contributed by atoms with Crippen LogP contribution in [0.25, 0.3) is 32.8 Å². The number of piperazine rings is 1. The van der Waals surface area contributed by atoms with Crippen molar-refractivity contribution in [2.45, 2.75) is 12.8 Å². The number of ether oxygens (including phenoxy) is 1. The Morgan fingerprint density at radius 3 is 2.37 bits per heavy atom. The lowest BCUT2D eigenvalue weighted by Crippen LogP contribution is -2.47. The first-order valence-corrected chi connectivity index (χ1v) is 14.3. The number of para-hydroxylation sites is 2. The van der Waals surface area contributed by atoms with Crippen molar-refractivity contribution < 1.29 is 19.7 Å². The number of benzene rings is 4. The highest BCUT2D eigenvalue weighted by Gasteiger charge is 2.23. The molecule has 210 valence electrons. The van der Waals surface area contributed by atoms with Gasteiger partial charge in [0.15, 0.2) is 0 Å². The maximum Gasteiger partial charge on any atom is 0.352 e. The molecule has 0 radical (unpaired) electrons. The molecule has 5 aromatic rings. The van der Waals surface area contributed by atoms with Crippen molar-refractivity contribution in [3.05, 3.63) is 96.2 Å². The molecule has 1 aliphatic heterocycles. The molecule has 7 heteroatoms. The lowest BCUT2D eigenvalue weighted by molar-refractivity contribution is 0.0690. The third kappa shape index (κ3) is 5.51. The average molecular weight is 550 g/mol. The number of β-amino-alcohol motifs (C(OH)–C–C–N with tert-alkyl or cyclic N) is 1. The third-order valence-electron chi connectivity index (χ3n) is 8.06. The van der Waals surface area contributed by atoms with Crippen LogP contribution in [0, 0.1) is 0 Å². The number of carboxylic acid groups (broad SMARTS) is 1. The van der Waals surface area contributed by atoms with E-state index in [1.54, 1.807) is 0 Å². The van der Waals surface area contributed by atoms with E-state index < -0.39 is 5.97 Å². The molecule has 0 bridgehead atoms. The molecule has 2 heterocycles. The van der Waals surface area contributed by atoms with Crippen molar-refractivity contribution in [1.29, 1.82) is 0 Å². The largest absolute Gasteiger partial charge is 0.493 e. The molecule has 6 rings (SSSR count). The van der Waals surface area contributed by atoms with E-state index in [0.29, 0.717) is 26.0 Å². The first-order valence-electron chi connectivity index (χ1n) is 14.3. The topological polar surface area (TPSA) is 89.0 Å². The van der Waals surface area contributed by atoms with E-state index in [9.17, 15) is 15.0 Å². The molecule has 0 unspecified atom stereocenters. The van der Waals surface area contributed by atoms with E-state index in [1.807, 2.05) is 42.5 Å². The molecular formula is C34H35N3O4. The zero-order chi connectivity index (χ0) is 28.2. The van der Waals surface area contributed by atoms with Crippen LogP contribution in [0.5, 0.6) is 5.75 Å². The van der Waals surface area contributed by atoms with Crippen LogP contribution >= 0.6 is 0 Å². The molecule has 4 aromatic carbocycles. The maximum atomic E-state index is 12.3. The number of aliphatic hydroxyl groups is 1. The molecule has 1 fully saturated rings. The molecule has 1 aliphatic rings. The summed E-state index contributed by atoms with van der Waals surface area (Å²) in [4.78, 5) is 20.3. The van der Waals surface area contributed by atoms with E-state index in [1.165, 1.54) is 0 Å². The number of nitrogens with one attached hydrogen (secondary N) is 1. The summed E-state index contributed by atoms with van der Waals surface area (Å²) in [6.45, 7) is 4.91. The Labute approximate surface area is 239 Å². The molecule has 3 N–H and O–H groups in total. The van der Waals surface area contributed by atoms with Gasteiger partial charge in [-0.15, -0.1) is 0 Å².